The maximum absolute atomic E-state index is 13.9. The summed E-state index contributed by atoms with van der Waals surface area (Å²) in [6, 6.07) is 1.96. The first-order valence-corrected chi connectivity index (χ1v) is 8.48. The molecule has 0 N–H and O–H groups in total. The molecule has 21 heavy (non-hydrogen) atoms. The molecule has 0 aromatic carbocycles. The van der Waals surface area contributed by atoms with Gasteiger partial charge in [-0.25, -0.2) is 4.39 Å². The molecule has 2 aromatic rings. The molecule has 3 atom stereocenters. The zero-order valence-electron chi connectivity index (χ0n) is 11.8. The molecule has 1 saturated carbocycles. The van der Waals surface area contributed by atoms with Gasteiger partial charge in [-0.05, 0) is 38.2 Å². The van der Waals surface area contributed by atoms with Crippen molar-refractivity contribution in [2.45, 2.75) is 31.6 Å². The van der Waals surface area contributed by atoms with Crippen molar-refractivity contribution < 1.29 is 4.39 Å². The highest BCUT2D eigenvalue weighted by molar-refractivity contribution is 14.1. The number of aromatic nitrogens is 3. The number of nitrogens with zero attached hydrogens (tertiary/aromatic N) is 4. The second-order valence-corrected chi connectivity index (χ2v) is 7.92. The Morgan fingerprint density at radius 1 is 1.48 bits per heavy atom. The van der Waals surface area contributed by atoms with Crippen LogP contribution in [-0.2, 0) is 0 Å². The zero-order chi connectivity index (χ0) is 15.0. The van der Waals surface area contributed by atoms with E-state index < -0.39 is 5.41 Å². The largest absolute Gasteiger partial charge is 0.297 e. The third-order valence-electron chi connectivity index (χ3n) is 3.99. The van der Waals surface area contributed by atoms with E-state index in [0.29, 0.717) is 18.8 Å². The highest BCUT2D eigenvalue weighted by Crippen LogP contribution is 2.43. The number of aryl methyl sites for hydroxylation is 1. The number of anilines is 1. The zero-order valence-corrected chi connectivity index (χ0v) is 15.1. The molecule has 0 spiro atoms. The van der Waals surface area contributed by atoms with Crippen LogP contribution in [-0.4, -0.2) is 27.1 Å². The Morgan fingerprint density at radius 2 is 2.29 bits per heavy atom. The van der Waals surface area contributed by atoms with Crippen LogP contribution < -0.4 is 3.11 Å². The number of fused-ring (bicyclic) bond motifs is 1. The smallest absolute Gasteiger partial charge is 0.169 e. The lowest BCUT2D eigenvalue weighted by molar-refractivity contribution is 0.287. The van der Waals surface area contributed by atoms with Crippen molar-refractivity contribution >= 4 is 48.7 Å². The maximum Gasteiger partial charge on any atom is 0.169 e. The average molecular weight is 418 g/mol. The molecule has 3 unspecified atom stereocenters. The topological polar surface area (TPSA) is 41.9 Å². The Balaban J connectivity index is 1.85. The molecule has 2 heterocycles. The van der Waals surface area contributed by atoms with E-state index in [4.69, 9.17) is 0 Å². The summed E-state index contributed by atoms with van der Waals surface area (Å²) in [4.78, 5) is 4.19. The molecule has 3 rings (SSSR count). The van der Waals surface area contributed by atoms with Gasteiger partial charge in [0.1, 0.15) is 5.41 Å². The van der Waals surface area contributed by atoms with Crippen molar-refractivity contribution in [3.05, 3.63) is 24.2 Å². The van der Waals surface area contributed by atoms with E-state index in [-0.39, 0.29) is 0 Å². The van der Waals surface area contributed by atoms with Gasteiger partial charge in [0.15, 0.2) is 5.82 Å². The fourth-order valence-corrected chi connectivity index (χ4v) is 4.31. The van der Waals surface area contributed by atoms with Gasteiger partial charge < -0.3 is 0 Å². The van der Waals surface area contributed by atoms with Crippen molar-refractivity contribution in [3.8, 4) is 0 Å². The average Bonchev–Trinajstić information content (AvgIpc) is 2.78. The van der Waals surface area contributed by atoms with Gasteiger partial charge in [-0.2, -0.15) is 5.10 Å². The molecule has 1 fully saturated rings. The molecule has 0 amide bonds. The van der Waals surface area contributed by atoms with E-state index in [0.717, 1.165) is 35.2 Å². The third-order valence-corrected chi connectivity index (χ3v) is 5.37. The first-order valence-electron chi connectivity index (χ1n) is 6.94. The van der Waals surface area contributed by atoms with E-state index in [2.05, 4.69) is 47.3 Å². The van der Waals surface area contributed by atoms with Crippen molar-refractivity contribution in [1.29, 1.82) is 0 Å². The Labute approximate surface area is 139 Å². The summed E-state index contributed by atoms with van der Waals surface area (Å²) in [5, 5.41) is 9.51. The van der Waals surface area contributed by atoms with Gasteiger partial charge in [-0.15, -0.1) is 5.10 Å². The molecule has 112 valence electrons. The molecule has 2 aromatic heterocycles. The lowest BCUT2D eigenvalue weighted by Gasteiger charge is -2.21. The van der Waals surface area contributed by atoms with Gasteiger partial charge in [0.2, 0.25) is 0 Å². The van der Waals surface area contributed by atoms with Crippen molar-refractivity contribution in [2.24, 2.45) is 5.92 Å². The van der Waals surface area contributed by atoms with Crippen molar-refractivity contribution in [1.82, 2.24) is 15.2 Å². The maximum atomic E-state index is 13.9. The predicted molar refractivity (Wildman–Crippen MR) is 94.3 cm³/mol. The molecular formula is C14H17FIN4P. The molecule has 0 aliphatic heterocycles. The second-order valence-electron chi connectivity index (χ2n) is 5.72. The minimum Gasteiger partial charge on any atom is -0.297 e. The van der Waals surface area contributed by atoms with Crippen LogP contribution in [0.15, 0.2) is 18.5 Å². The van der Waals surface area contributed by atoms with Gasteiger partial charge in [0.05, 0.1) is 28.6 Å². The van der Waals surface area contributed by atoms with Crippen LogP contribution in [0.4, 0.5) is 10.2 Å². The van der Waals surface area contributed by atoms with Crippen LogP contribution in [0.2, 0.25) is 0 Å². The van der Waals surface area contributed by atoms with Gasteiger partial charge in [0, 0.05) is 29.7 Å². The van der Waals surface area contributed by atoms with Crippen molar-refractivity contribution in [2.75, 3.05) is 9.66 Å². The summed E-state index contributed by atoms with van der Waals surface area (Å²) in [5.41, 5.74) is 0.898. The standard InChI is InChI=1S/C14H17FIN4P/c1-9-11-3-5-17-7-12(11)13(19-18-9)20(16)8-10-2-4-14(15,21)6-10/h3,5,7,10H,2,4,6,8,21H2,1H3. The summed E-state index contributed by atoms with van der Waals surface area (Å²) in [6.07, 6.45) is 5.71. The minimum absolute atomic E-state index is 0.347. The Bertz CT molecular complexity index is 666. The van der Waals surface area contributed by atoms with E-state index in [1.54, 1.807) is 6.20 Å². The number of rotatable bonds is 3. The van der Waals surface area contributed by atoms with E-state index in [1.807, 2.05) is 22.3 Å². The summed E-state index contributed by atoms with van der Waals surface area (Å²) in [5.74, 6) is 1.16. The van der Waals surface area contributed by atoms with Crippen LogP contribution in [0.3, 0.4) is 0 Å². The molecule has 0 radical (unpaired) electrons. The Morgan fingerprint density at radius 3 is 3.00 bits per heavy atom. The molecule has 0 bridgehead atoms. The van der Waals surface area contributed by atoms with Crippen LogP contribution >= 0.6 is 32.1 Å². The van der Waals surface area contributed by atoms with E-state index in [9.17, 15) is 4.39 Å². The summed E-state index contributed by atoms with van der Waals surface area (Å²) in [6.45, 7) is 2.72. The predicted octanol–water partition coefficient (Wildman–Crippen LogP) is 3.83. The molecule has 4 nitrogen and oxygen atoms in total. The number of hydrogen-bond acceptors (Lipinski definition) is 4. The molecular weight excluding hydrogens is 401 g/mol. The quantitative estimate of drug-likeness (QED) is 0.432. The summed E-state index contributed by atoms with van der Waals surface area (Å²) >= 11 is 2.24. The van der Waals surface area contributed by atoms with Gasteiger partial charge in [-0.3, -0.25) is 8.10 Å². The lowest BCUT2D eigenvalue weighted by atomic mass is 10.1. The van der Waals surface area contributed by atoms with Gasteiger partial charge >= 0.3 is 0 Å². The Kier molecular flexibility index (Phi) is 4.28. The highest BCUT2D eigenvalue weighted by Gasteiger charge is 2.36. The summed E-state index contributed by atoms with van der Waals surface area (Å²) < 4.78 is 16.0. The van der Waals surface area contributed by atoms with Crippen LogP contribution in [0.25, 0.3) is 10.8 Å². The normalized spacial score (nSPS) is 25.4. The molecule has 0 saturated heterocycles. The van der Waals surface area contributed by atoms with Crippen LogP contribution in [0.5, 0.6) is 0 Å². The Hall–Kier alpha value is -0.620. The first kappa shape index (κ1) is 15.3. The van der Waals surface area contributed by atoms with Crippen LogP contribution in [0.1, 0.15) is 25.0 Å². The number of alkyl halides is 1. The fourth-order valence-electron chi connectivity index (χ4n) is 2.89. The van der Waals surface area contributed by atoms with Gasteiger partial charge in [-0.1, -0.05) is 9.24 Å². The summed E-state index contributed by atoms with van der Waals surface area (Å²) in [7, 11) is 2.35. The number of halogens is 2. The fraction of sp³-hybridized carbons (Fsp3) is 0.500. The number of hydrogen-bond donors (Lipinski definition) is 0. The number of pyridine rings is 1. The third kappa shape index (κ3) is 3.26. The molecule has 7 heteroatoms. The molecule has 1 aliphatic rings. The van der Waals surface area contributed by atoms with Gasteiger partial charge in [0.25, 0.3) is 0 Å². The second kappa shape index (κ2) is 5.88. The van der Waals surface area contributed by atoms with E-state index >= 15 is 0 Å². The molecule has 1 aliphatic carbocycles. The van der Waals surface area contributed by atoms with E-state index in [1.165, 1.54) is 0 Å². The monoisotopic (exact) mass is 418 g/mol. The minimum atomic E-state index is -1.09. The first-order chi connectivity index (χ1) is 9.96. The van der Waals surface area contributed by atoms with Crippen molar-refractivity contribution in [3.63, 3.8) is 0 Å². The lowest BCUT2D eigenvalue weighted by Crippen LogP contribution is -2.21. The highest BCUT2D eigenvalue weighted by atomic mass is 127. The van der Waals surface area contributed by atoms with Crippen LogP contribution in [0, 0.1) is 12.8 Å². The SMILES string of the molecule is Cc1nnc(N(I)CC2CCC(F)(P)C2)c2cnccc12.